The molecule has 1 rings (SSSR count). The zero-order valence-electron chi connectivity index (χ0n) is 13.9. The van der Waals surface area contributed by atoms with Gasteiger partial charge in [-0.25, -0.2) is 0 Å². The molecule has 0 radical (unpaired) electrons. The maximum atomic E-state index is 5.61. The van der Waals surface area contributed by atoms with Gasteiger partial charge < -0.3 is 15.0 Å². The van der Waals surface area contributed by atoms with Crippen LogP contribution in [0.1, 0.15) is 33.3 Å². The first kappa shape index (κ1) is 18.5. The van der Waals surface area contributed by atoms with Crippen LogP contribution >= 0.6 is 15.9 Å². The smallest absolute Gasteiger partial charge is 0.0644 e. The van der Waals surface area contributed by atoms with Crippen LogP contribution in [0.3, 0.4) is 0 Å². The highest BCUT2D eigenvalue weighted by atomic mass is 79.9. The van der Waals surface area contributed by atoms with Crippen molar-refractivity contribution < 1.29 is 4.74 Å². The fourth-order valence-corrected chi connectivity index (χ4v) is 2.75. The summed E-state index contributed by atoms with van der Waals surface area (Å²) in [7, 11) is 2.10. The number of nitrogens with one attached hydrogen (secondary N) is 1. The van der Waals surface area contributed by atoms with Crippen molar-refractivity contribution in [2.75, 3.05) is 31.6 Å². The SMILES string of the molecule is CC(C)CNCc1ccc(N(C)CCOC(C)C)c(Br)c1. The van der Waals surface area contributed by atoms with Crippen LogP contribution in [0.15, 0.2) is 22.7 Å². The maximum Gasteiger partial charge on any atom is 0.0644 e. The fraction of sp³-hybridized carbons (Fsp3) is 0.647. The van der Waals surface area contributed by atoms with Gasteiger partial charge in [0.1, 0.15) is 0 Å². The van der Waals surface area contributed by atoms with Gasteiger partial charge in [0, 0.05) is 24.6 Å². The lowest BCUT2D eigenvalue weighted by Gasteiger charge is -2.22. The van der Waals surface area contributed by atoms with Gasteiger partial charge in [0.05, 0.1) is 18.4 Å². The van der Waals surface area contributed by atoms with E-state index in [0.29, 0.717) is 5.92 Å². The second kappa shape index (κ2) is 9.44. The van der Waals surface area contributed by atoms with E-state index in [4.69, 9.17) is 4.74 Å². The molecule has 0 aliphatic carbocycles. The average Bonchev–Trinajstić information content (AvgIpc) is 2.37. The molecule has 0 amide bonds. The number of nitrogens with zero attached hydrogens (tertiary/aromatic N) is 1. The van der Waals surface area contributed by atoms with Crippen molar-refractivity contribution >= 4 is 21.6 Å². The van der Waals surface area contributed by atoms with Crippen LogP contribution in [0.5, 0.6) is 0 Å². The third-order valence-electron chi connectivity index (χ3n) is 3.18. The van der Waals surface area contributed by atoms with Gasteiger partial charge in [0.25, 0.3) is 0 Å². The molecular formula is C17H29BrN2O. The lowest BCUT2D eigenvalue weighted by Crippen LogP contribution is -2.24. The van der Waals surface area contributed by atoms with Crippen molar-refractivity contribution in [2.24, 2.45) is 5.92 Å². The number of rotatable bonds is 9. The molecule has 1 N–H and O–H groups in total. The molecule has 0 fully saturated rings. The summed E-state index contributed by atoms with van der Waals surface area (Å²) in [4.78, 5) is 2.22. The Kier molecular flexibility index (Phi) is 8.30. The minimum absolute atomic E-state index is 0.288. The normalized spacial score (nSPS) is 11.4. The van der Waals surface area contributed by atoms with Gasteiger partial charge in [0.2, 0.25) is 0 Å². The molecule has 4 heteroatoms. The number of likely N-dealkylation sites (N-methyl/N-ethyl adjacent to an activating group) is 1. The summed E-state index contributed by atoms with van der Waals surface area (Å²) in [6.45, 7) is 12.2. The predicted octanol–water partition coefficient (Wildman–Crippen LogP) is 4.06. The standard InChI is InChI=1S/C17H29BrN2O/c1-13(2)11-19-12-15-6-7-17(16(18)10-15)20(5)8-9-21-14(3)4/h6-7,10,13-14,19H,8-9,11-12H2,1-5H3. The van der Waals surface area contributed by atoms with Gasteiger partial charge in [-0.2, -0.15) is 0 Å². The summed E-state index contributed by atoms with van der Waals surface area (Å²) in [5.74, 6) is 0.680. The Morgan fingerprint density at radius 2 is 1.95 bits per heavy atom. The topological polar surface area (TPSA) is 24.5 Å². The summed E-state index contributed by atoms with van der Waals surface area (Å²) in [6, 6.07) is 6.56. The van der Waals surface area contributed by atoms with E-state index in [1.165, 1.54) is 11.3 Å². The molecule has 0 aliphatic heterocycles. The van der Waals surface area contributed by atoms with Crippen LogP contribution in [-0.4, -0.2) is 32.8 Å². The largest absolute Gasteiger partial charge is 0.377 e. The highest BCUT2D eigenvalue weighted by molar-refractivity contribution is 9.10. The third kappa shape index (κ3) is 7.30. The highest BCUT2D eigenvalue weighted by Crippen LogP contribution is 2.26. The number of hydrogen-bond donors (Lipinski definition) is 1. The summed E-state index contributed by atoms with van der Waals surface area (Å²) < 4.78 is 6.74. The molecule has 0 heterocycles. The Hall–Kier alpha value is -0.580. The third-order valence-corrected chi connectivity index (χ3v) is 3.82. The summed E-state index contributed by atoms with van der Waals surface area (Å²) in [5, 5.41) is 3.47. The average molecular weight is 357 g/mol. The van der Waals surface area contributed by atoms with Gasteiger partial charge in [-0.3, -0.25) is 0 Å². The van der Waals surface area contributed by atoms with Gasteiger partial charge >= 0.3 is 0 Å². The molecular weight excluding hydrogens is 328 g/mol. The Balaban J connectivity index is 2.52. The van der Waals surface area contributed by atoms with Crippen molar-refractivity contribution in [3.05, 3.63) is 28.2 Å². The van der Waals surface area contributed by atoms with Gasteiger partial charge in [-0.15, -0.1) is 0 Å². The van der Waals surface area contributed by atoms with Crippen molar-refractivity contribution in [3.8, 4) is 0 Å². The summed E-state index contributed by atoms with van der Waals surface area (Å²) in [6.07, 6.45) is 0.288. The molecule has 0 aliphatic rings. The molecule has 0 saturated heterocycles. The molecule has 0 unspecified atom stereocenters. The maximum absolute atomic E-state index is 5.61. The fourth-order valence-electron chi connectivity index (χ4n) is 2.02. The Labute approximate surface area is 138 Å². The molecule has 0 atom stereocenters. The number of benzene rings is 1. The van der Waals surface area contributed by atoms with E-state index < -0.39 is 0 Å². The van der Waals surface area contributed by atoms with Gasteiger partial charge in [-0.05, 0) is 59.9 Å². The molecule has 0 bridgehead atoms. The van der Waals surface area contributed by atoms with Crippen molar-refractivity contribution in [1.29, 1.82) is 0 Å². The van der Waals surface area contributed by atoms with Crippen LogP contribution in [-0.2, 0) is 11.3 Å². The minimum Gasteiger partial charge on any atom is -0.377 e. The number of hydrogen-bond acceptors (Lipinski definition) is 3. The lowest BCUT2D eigenvalue weighted by atomic mass is 10.1. The van der Waals surface area contributed by atoms with E-state index in [1.54, 1.807) is 0 Å². The van der Waals surface area contributed by atoms with E-state index in [-0.39, 0.29) is 6.10 Å². The van der Waals surface area contributed by atoms with Crippen LogP contribution in [0.4, 0.5) is 5.69 Å². The summed E-state index contributed by atoms with van der Waals surface area (Å²) >= 11 is 3.68. The lowest BCUT2D eigenvalue weighted by molar-refractivity contribution is 0.0846. The first-order chi connectivity index (χ1) is 9.90. The van der Waals surface area contributed by atoms with E-state index in [2.05, 4.69) is 79.1 Å². The van der Waals surface area contributed by atoms with Crippen LogP contribution in [0, 0.1) is 5.92 Å². The van der Waals surface area contributed by atoms with Crippen molar-refractivity contribution in [2.45, 2.75) is 40.3 Å². The van der Waals surface area contributed by atoms with Crippen LogP contribution in [0.2, 0.25) is 0 Å². The Morgan fingerprint density at radius 3 is 2.52 bits per heavy atom. The second-order valence-electron chi connectivity index (χ2n) is 6.15. The monoisotopic (exact) mass is 356 g/mol. The van der Waals surface area contributed by atoms with E-state index in [1.807, 2.05) is 0 Å². The van der Waals surface area contributed by atoms with Crippen molar-refractivity contribution in [1.82, 2.24) is 5.32 Å². The first-order valence-corrected chi connectivity index (χ1v) is 8.51. The molecule has 21 heavy (non-hydrogen) atoms. The zero-order valence-corrected chi connectivity index (χ0v) is 15.5. The molecule has 1 aromatic carbocycles. The first-order valence-electron chi connectivity index (χ1n) is 7.72. The van der Waals surface area contributed by atoms with Crippen LogP contribution in [0.25, 0.3) is 0 Å². The number of anilines is 1. The molecule has 3 nitrogen and oxygen atoms in total. The quantitative estimate of drug-likeness (QED) is 0.721. The molecule has 120 valence electrons. The molecule has 1 aromatic rings. The van der Waals surface area contributed by atoms with Crippen LogP contribution < -0.4 is 10.2 Å². The number of halogens is 1. The van der Waals surface area contributed by atoms with E-state index in [0.717, 1.165) is 30.7 Å². The summed E-state index contributed by atoms with van der Waals surface area (Å²) in [5.41, 5.74) is 2.51. The predicted molar refractivity (Wildman–Crippen MR) is 95.0 cm³/mol. The highest BCUT2D eigenvalue weighted by Gasteiger charge is 2.07. The zero-order chi connectivity index (χ0) is 15.8. The van der Waals surface area contributed by atoms with Gasteiger partial charge in [0.15, 0.2) is 0 Å². The molecule has 0 saturated carbocycles. The Bertz CT molecular complexity index is 421. The molecule has 0 aromatic heterocycles. The second-order valence-corrected chi connectivity index (χ2v) is 7.01. The van der Waals surface area contributed by atoms with Crippen molar-refractivity contribution in [3.63, 3.8) is 0 Å². The molecule has 0 spiro atoms. The van der Waals surface area contributed by atoms with Gasteiger partial charge in [-0.1, -0.05) is 19.9 Å². The van der Waals surface area contributed by atoms with E-state index >= 15 is 0 Å². The Morgan fingerprint density at radius 1 is 1.24 bits per heavy atom. The minimum atomic E-state index is 0.288. The van der Waals surface area contributed by atoms with E-state index in [9.17, 15) is 0 Å². The number of ether oxygens (including phenoxy) is 1.